The molecule has 0 aliphatic carbocycles. The van der Waals surface area contributed by atoms with Gasteiger partial charge in [-0.1, -0.05) is 6.92 Å². The van der Waals surface area contributed by atoms with Crippen LogP contribution in [0.25, 0.3) is 11.1 Å². The van der Waals surface area contributed by atoms with Crippen molar-refractivity contribution in [2.45, 2.75) is 20.3 Å². The number of aromatic nitrogens is 2. The molecular weight excluding hydrogens is 233 g/mol. The second-order valence-corrected chi connectivity index (χ2v) is 4.09. The molecule has 0 spiro atoms. The van der Waals surface area contributed by atoms with Gasteiger partial charge in [0.1, 0.15) is 17.4 Å². The van der Waals surface area contributed by atoms with E-state index in [4.69, 9.17) is 10.5 Å². The minimum Gasteiger partial charge on any atom is -0.496 e. The van der Waals surface area contributed by atoms with Crippen molar-refractivity contribution in [1.29, 1.82) is 0 Å². The maximum atomic E-state index is 13.9. The van der Waals surface area contributed by atoms with E-state index in [0.29, 0.717) is 22.7 Å². The third-order valence-electron chi connectivity index (χ3n) is 3.09. The number of halogens is 1. The molecule has 4 nitrogen and oxygen atoms in total. The molecule has 0 aliphatic heterocycles. The highest BCUT2D eigenvalue weighted by Crippen LogP contribution is 2.37. The molecule has 18 heavy (non-hydrogen) atoms. The maximum Gasteiger partial charge on any atom is 0.130 e. The zero-order valence-corrected chi connectivity index (χ0v) is 10.7. The van der Waals surface area contributed by atoms with Gasteiger partial charge in [0, 0.05) is 16.7 Å². The third-order valence-corrected chi connectivity index (χ3v) is 3.09. The molecule has 2 rings (SSSR count). The van der Waals surface area contributed by atoms with Gasteiger partial charge in [-0.3, -0.25) is 5.10 Å². The van der Waals surface area contributed by atoms with E-state index in [1.54, 1.807) is 20.2 Å². The standard InChI is InChI=1S/C13H16FN3O/c1-4-8-9(10-6-16-17-13(10)15)5-11(14)7(2)12(8)18-3/h5-6H,4H2,1-3H3,(H3,15,16,17). The quantitative estimate of drug-likeness (QED) is 0.879. The van der Waals surface area contributed by atoms with Gasteiger partial charge >= 0.3 is 0 Å². The third kappa shape index (κ3) is 1.81. The van der Waals surface area contributed by atoms with E-state index in [1.807, 2.05) is 6.92 Å². The van der Waals surface area contributed by atoms with Gasteiger partial charge < -0.3 is 10.5 Å². The monoisotopic (exact) mass is 249 g/mol. The van der Waals surface area contributed by atoms with Crippen molar-refractivity contribution in [1.82, 2.24) is 10.2 Å². The van der Waals surface area contributed by atoms with Crippen molar-refractivity contribution in [2.24, 2.45) is 0 Å². The first-order chi connectivity index (χ1) is 8.60. The van der Waals surface area contributed by atoms with Crippen LogP contribution in [-0.4, -0.2) is 17.3 Å². The summed E-state index contributed by atoms with van der Waals surface area (Å²) in [5.74, 6) is 0.697. The number of hydrogen-bond donors (Lipinski definition) is 2. The number of nitrogens with two attached hydrogens (primary N) is 1. The second kappa shape index (κ2) is 4.68. The molecule has 1 aromatic carbocycles. The van der Waals surface area contributed by atoms with E-state index in [1.165, 1.54) is 6.07 Å². The normalized spacial score (nSPS) is 10.7. The Morgan fingerprint density at radius 2 is 2.17 bits per heavy atom. The van der Waals surface area contributed by atoms with Crippen LogP contribution in [0.5, 0.6) is 5.75 Å². The number of nitrogen functional groups attached to an aromatic ring is 1. The Morgan fingerprint density at radius 3 is 2.67 bits per heavy atom. The van der Waals surface area contributed by atoms with Gasteiger partial charge in [-0.25, -0.2) is 4.39 Å². The van der Waals surface area contributed by atoms with Gasteiger partial charge in [0.25, 0.3) is 0 Å². The number of hydrogen-bond acceptors (Lipinski definition) is 3. The number of methoxy groups -OCH3 is 1. The first kappa shape index (κ1) is 12.4. The molecule has 5 heteroatoms. The van der Waals surface area contributed by atoms with Crippen molar-refractivity contribution < 1.29 is 9.13 Å². The minimum atomic E-state index is -0.306. The topological polar surface area (TPSA) is 63.9 Å². The van der Waals surface area contributed by atoms with Gasteiger partial charge in [-0.15, -0.1) is 0 Å². The molecule has 0 amide bonds. The van der Waals surface area contributed by atoms with E-state index >= 15 is 0 Å². The lowest BCUT2D eigenvalue weighted by Crippen LogP contribution is -2.00. The zero-order chi connectivity index (χ0) is 13.3. The van der Waals surface area contributed by atoms with Gasteiger partial charge in [-0.2, -0.15) is 5.10 Å². The molecule has 1 aromatic heterocycles. The Hall–Kier alpha value is -2.04. The summed E-state index contributed by atoms with van der Waals surface area (Å²) in [6.45, 7) is 3.70. The fraction of sp³-hybridized carbons (Fsp3) is 0.308. The molecule has 2 aromatic rings. The van der Waals surface area contributed by atoms with Crippen molar-refractivity contribution in [3.8, 4) is 16.9 Å². The first-order valence-electron chi connectivity index (χ1n) is 5.75. The number of nitrogens with one attached hydrogen (secondary N) is 1. The van der Waals surface area contributed by atoms with E-state index in [0.717, 1.165) is 17.5 Å². The minimum absolute atomic E-state index is 0.306. The number of ether oxygens (including phenoxy) is 1. The molecular formula is C13H16FN3O. The van der Waals surface area contributed by atoms with Crippen LogP contribution in [0.15, 0.2) is 12.3 Å². The van der Waals surface area contributed by atoms with Gasteiger partial charge in [-0.05, 0) is 25.0 Å². The Bertz CT molecular complexity index is 578. The highest BCUT2D eigenvalue weighted by Gasteiger charge is 2.18. The maximum absolute atomic E-state index is 13.9. The number of rotatable bonds is 3. The predicted octanol–water partition coefficient (Wildman–Crippen LogP) is 2.68. The summed E-state index contributed by atoms with van der Waals surface area (Å²) in [4.78, 5) is 0. The highest BCUT2D eigenvalue weighted by atomic mass is 19.1. The summed E-state index contributed by atoms with van der Waals surface area (Å²) < 4.78 is 19.2. The molecule has 3 N–H and O–H groups in total. The Labute approximate surface area is 105 Å². The molecule has 0 fully saturated rings. The Kier molecular flexibility index (Phi) is 3.23. The smallest absolute Gasteiger partial charge is 0.130 e. The van der Waals surface area contributed by atoms with Crippen molar-refractivity contribution in [3.05, 3.63) is 29.2 Å². The lowest BCUT2D eigenvalue weighted by Gasteiger charge is -2.15. The lowest BCUT2D eigenvalue weighted by molar-refractivity contribution is 0.403. The summed E-state index contributed by atoms with van der Waals surface area (Å²) in [5.41, 5.74) is 8.67. The van der Waals surface area contributed by atoms with Crippen LogP contribution in [0, 0.1) is 12.7 Å². The summed E-state index contributed by atoms with van der Waals surface area (Å²) >= 11 is 0. The fourth-order valence-electron chi connectivity index (χ4n) is 2.16. The zero-order valence-electron chi connectivity index (χ0n) is 10.7. The molecule has 96 valence electrons. The molecule has 0 radical (unpaired) electrons. The molecule has 0 saturated carbocycles. The Morgan fingerprint density at radius 1 is 1.44 bits per heavy atom. The number of aromatic amines is 1. The number of benzene rings is 1. The van der Waals surface area contributed by atoms with Crippen LogP contribution < -0.4 is 10.5 Å². The number of anilines is 1. The summed E-state index contributed by atoms with van der Waals surface area (Å²) in [6.07, 6.45) is 2.32. The average Bonchev–Trinajstić information content (AvgIpc) is 2.78. The van der Waals surface area contributed by atoms with Gasteiger partial charge in [0.15, 0.2) is 0 Å². The largest absolute Gasteiger partial charge is 0.496 e. The summed E-state index contributed by atoms with van der Waals surface area (Å²) in [5, 5.41) is 6.52. The fourth-order valence-corrected chi connectivity index (χ4v) is 2.16. The SMILES string of the molecule is CCc1c(-c2cn[nH]c2N)cc(F)c(C)c1OC. The van der Waals surface area contributed by atoms with E-state index in [-0.39, 0.29) is 5.82 Å². The van der Waals surface area contributed by atoms with Crippen LogP contribution in [0.4, 0.5) is 10.2 Å². The second-order valence-electron chi connectivity index (χ2n) is 4.09. The van der Waals surface area contributed by atoms with E-state index in [2.05, 4.69) is 10.2 Å². The van der Waals surface area contributed by atoms with Crippen LogP contribution in [-0.2, 0) is 6.42 Å². The molecule has 0 atom stereocenters. The van der Waals surface area contributed by atoms with Crippen LogP contribution in [0.1, 0.15) is 18.1 Å². The molecule has 1 heterocycles. The number of nitrogens with zero attached hydrogens (tertiary/aromatic N) is 1. The van der Waals surface area contributed by atoms with E-state index < -0.39 is 0 Å². The van der Waals surface area contributed by atoms with Crippen molar-refractivity contribution in [2.75, 3.05) is 12.8 Å². The average molecular weight is 249 g/mol. The van der Waals surface area contributed by atoms with Crippen LogP contribution >= 0.6 is 0 Å². The van der Waals surface area contributed by atoms with Gasteiger partial charge in [0.05, 0.1) is 13.3 Å². The molecule has 0 unspecified atom stereocenters. The molecule has 0 bridgehead atoms. The van der Waals surface area contributed by atoms with Crippen molar-refractivity contribution in [3.63, 3.8) is 0 Å². The van der Waals surface area contributed by atoms with E-state index in [9.17, 15) is 4.39 Å². The molecule has 0 aliphatic rings. The van der Waals surface area contributed by atoms with Crippen LogP contribution in [0.2, 0.25) is 0 Å². The number of H-pyrrole nitrogens is 1. The molecule has 0 saturated heterocycles. The lowest BCUT2D eigenvalue weighted by atomic mass is 9.96. The van der Waals surface area contributed by atoms with Crippen molar-refractivity contribution >= 4 is 5.82 Å². The highest BCUT2D eigenvalue weighted by molar-refractivity contribution is 5.78. The summed E-state index contributed by atoms with van der Waals surface area (Å²) in [7, 11) is 1.55. The predicted molar refractivity (Wildman–Crippen MR) is 69.1 cm³/mol. The van der Waals surface area contributed by atoms with Gasteiger partial charge in [0.2, 0.25) is 0 Å². The first-order valence-corrected chi connectivity index (χ1v) is 5.75. The van der Waals surface area contributed by atoms with Crippen LogP contribution in [0.3, 0.4) is 0 Å². The Balaban J connectivity index is 2.75. The summed E-state index contributed by atoms with van der Waals surface area (Å²) in [6, 6.07) is 1.48.